The Hall–Kier alpha value is -1.09. The van der Waals surface area contributed by atoms with Gasteiger partial charge in [-0.2, -0.15) is 0 Å². The standard InChI is InChI=1S/C16H21ClN2O/c1-11-9-13(10-15(17)18-11)16(20)19-8-4-6-12-5-2-3-7-14(12)19/h9-10,12,14H,2-8H2,1H3. The van der Waals surface area contributed by atoms with E-state index < -0.39 is 0 Å². The Bertz CT molecular complexity index is 495. The molecule has 4 heteroatoms. The van der Waals surface area contributed by atoms with Crippen LogP contribution >= 0.6 is 11.6 Å². The molecule has 1 aliphatic carbocycles. The van der Waals surface area contributed by atoms with E-state index in [4.69, 9.17) is 11.6 Å². The van der Waals surface area contributed by atoms with Crippen molar-refractivity contribution < 1.29 is 4.79 Å². The molecule has 3 rings (SSSR count). The molecular formula is C16H21ClN2O. The Kier molecular flexibility index (Phi) is 3.97. The molecule has 108 valence electrons. The molecule has 1 aromatic heterocycles. The molecule has 1 amide bonds. The molecule has 2 aliphatic rings. The number of aryl methyl sites for hydroxylation is 1. The Morgan fingerprint density at radius 2 is 2.00 bits per heavy atom. The molecule has 0 aromatic carbocycles. The van der Waals surface area contributed by atoms with Crippen LogP contribution in [0.4, 0.5) is 0 Å². The zero-order chi connectivity index (χ0) is 14.1. The van der Waals surface area contributed by atoms with E-state index in [2.05, 4.69) is 9.88 Å². The van der Waals surface area contributed by atoms with E-state index in [1.54, 1.807) is 6.07 Å². The maximum Gasteiger partial charge on any atom is 0.254 e. The average Bonchev–Trinajstić information content (AvgIpc) is 2.45. The van der Waals surface area contributed by atoms with Crippen LogP contribution in [0, 0.1) is 12.8 Å². The normalized spacial score (nSPS) is 26.2. The van der Waals surface area contributed by atoms with Crippen molar-refractivity contribution in [1.29, 1.82) is 0 Å². The first-order chi connectivity index (χ1) is 9.65. The summed E-state index contributed by atoms with van der Waals surface area (Å²) in [6.07, 6.45) is 7.43. The van der Waals surface area contributed by atoms with Crippen molar-refractivity contribution >= 4 is 17.5 Å². The highest BCUT2D eigenvalue weighted by Gasteiger charge is 2.36. The fourth-order valence-electron chi connectivity index (χ4n) is 3.79. The van der Waals surface area contributed by atoms with Gasteiger partial charge in [-0.25, -0.2) is 4.98 Å². The molecule has 0 N–H and O–H groups in total. The maximum absolute atomic E-state index is 12.8. The van der Waals surface area contributed by atoms with Crippen molar-refractivity contribution in [1.82, 2.24) is 9.88 Å². The lowest BCUT2D eigenvalue weighted by Crippen LogP contribution is -2.49. The molecule has 1 saturated heterocycles. The Labute approximate surface area is 125 Å². The number of carbonyl (C=O) groups is 1. The summed E-state index contributed by atoms with van der Waals surface area (Å²) in [6, 6.07) is 3.99. The summed E-state index contributed by atoms with van der Waals surface area (Å²) in [5.74, 6) is 0.842. The fourth-order valence-corrected chi connectivity index (χ4v) is 4.05. The van der Waals surface area contributed by atoms with Crippen molar-refractivity contribution in [2.24, 2.45) is 5.92 Å². The molecule has 2 heterocycles. The molecule has 2 fully saturated rings. The van der Waals surface area contributed by atoms with Crippen molar-refractivity contribution in [3.63, 3.8) is 0 Å². The Balaban J connectivity index is 1.84. The van der Waals surface area contributed by atoms with Crippen LogP contribution in [0.2, 0.25) is 5.15 Å². The van der Waals surface area contributed by atoms with Crippen LogP contribution in [-0.4, -0.2) is 28.4 Å². The second kappa shape index (κ2) is 5.72. The lowest BCUT2D eigenvalue weighted by Gasteiger charge is -2.44. The average molecular weight is 293 g/mol. The SMILES string of the molecule is Cc1cc(C(=O)N2CCCC3CCCCC32)cc(Cl)n1. The van der Waals surface area contributed by atoms with Crippen LogP contribution in [0.5, 0.6) is 0 Å². The monoisotopic (exact) mass is 292 g/mol. The summed E-state index contributed by atoms with van der Waals surface area (Å²) in [6.45, 7) is 2.77. The zero-order valence-electron chi connectivity index (χ0n) is 11.9. The molecule has 0 radical (unpaired) electrons. The van der Waals surface area contributed by atoms with Gasteiger partial charge in [0, 0.05) is 23.8 Å². The molecule has 2 unspecified atom stereocenters. The second-order valence-corrected chi connectivity index (χ2v) is 6.46. The zero-order valence-corrected chi connectivity index (χ0v) is 12.7. The van der Waals surface area contributed by atoms with Crippen LogP contribution in [0.3, 0.4) is 0 Å². The summed E-state index contributed by atoms with van der Waals surface area (Å²) in [5.41, 5.74) is 1.49. The van der Waals surface area contributed by atoms with E-state index in [0.717, 1.165) is 25.1 Å². The van der Waals surface area contributed by atoms with Gasteiger partial charge in [0.05, 0.1) is 0 Å². The highest BCUT2D eigenvalue weighted by Crippen LogP contribution is 2.36. The van der Waals surface area contributed by atoms with E-state index in [0.29, 0.717) is 22.7 Å². The van der Waals surface area contributed by atoms with E-state index in [1.165, 1.54) is 25.7 Å². The quantitative estimate of drug-likeness (QED) is 0.737. The number of piperidine rings is 1. The third-order valence-electron chi connectivity index (χ3n) is 4.67. The predicted octanol–water partition coefficient (Wildman–Crippen LogP) is 3.84. The molecule has 20 heavy (non-hydrogen) atoms. The summed E-state index contributed by atoms with van der Waals surface area (Å²) >= 11 is 5.99. The first kappa shape index (κ1) is 13.9. The van der Waals surface area contributed by atoms with Crippen LogP contribution < -0.4 is 0 Å². The maximum atomic E-state index is 12.8. The topological polar surface area (TPSA) is 33.2 Å². The first-order valence-electron chi connectivity index (χ1n) is 7.60. The predicted molar refractivity (Wildman–Crippen MR) is 80.0 cm³/mol. The highest BCUT2D eigenvalue weighted by atomic mass is 35.5. The summed E-state index contributed by atoms with van der Waals surface area (Å²) < 4.78 is 0. The van der Waals surface area contributed by atoms with Crippen molar-refractivity contribution in [2.75, 3.05) is 6.54 Å². The molecule has 0 spiro atoms. The summed E-state index contributed by atoms with van der Waals surface area (Å²) in [7, 11) is 0. The number of hydrogen-bond donors (Lipinski definition) is 0. The number of amides is 1. The minimum Gasteiger partial charge on any atom is -0.335 e. The third kappa shape index (κ3) is 2.69. The number of pyridine rings is 1. The molecule has 1 aromatic rings. The van der Waals surface area contributed by atoms with Crippen LogP contribution in [0.15, 0.2) is 12.1 Å². The van der Waals surface area contributed by atoms with Crippen molar-refractivity contribution in [3.8, 4) is 0 Å². The number of hydrogen-bond acceptors (Lipinski definition) is 2. The molecule has 1 aliphatic heterocycles. The minimum atomic E-state index is 0.133. The van der Waals surface area contributed by atoms with Crippen molar-refractivity contribution in [3.05, 3.63) is 28.5 Å². The Morgan fingerprint density at radius 1 is 1.25 bits per heavy atom. The van der Waals surface area contributed by atoms with Crippen molar-refractivity contribution in [2.45, 2.75) is 51.5 Å². The number of halogens is 1. The van der Waals surface area contributed by atoms with Crippen LogP contribution in [-0.2, 0) is 0 Å². The summed E-state index contributed by atoms with van der Waals surface area (Å²) in [5, 5.41) is 0.408. The lowest BCUT2D eigenvalue weighted by atomic mass is 9.78. The van der Waals surface area contributed by atoms with Gasteiger partial charge in [-0.1, -0.05) is 24.4 Å². The third-order valence-corrected chi connectivity index (χ3v) is 4.87. The minimum absolute atomic E-state index is 0.133. The van der Waals surface area contributed by atoms with E-state index in [9.17, 15) is 4.79 Å². The van der Waals surface area contributed by atoms with Gasteiger partial charge in [0.2, 0.25) is 0 Å². The van der Waals surface area contributed by atoms with Crippen LogP contribution in [0.25, 0.3) is 0 Å². The van der Waals surface area contributed by atoms with E-state index in [-0.39, 0.29) is 5.91 Å². The highest BCUT2D eigenvalue weighted by molar-refractivity contribution is 6.29. The van der Waals surface area contributed by atoms with Crippen LogP contribution in [0.1, 0.15) is 54.6 Å². The van der Waals surface area contributed by atoms with Gasteiger partial charge in [0.1, 0.15) is 5.15 Å². The number of rotatable bonds is 1. The van der Waals surface area contributed by atoms with Gasteiger partial charge in [0.25, 0.3) is 5.91 Å². The molecule has 2 atom stereocenters. The van der Waals surface area contributed by atoms with Gasteiger partial charge in [-0.3, -0.25) is 4.79 Å². The fraction of sp³-hybridized carbons (Fsp3) is 0.625. The smallest absolute Gasteiger partial charge is 0.254 e. The largest absolute Gasteiger partial charge is 0.335 e. The Morgan fingerprint density at radius 3 is 2.80 bits per heavy atom. The van der Waals surface area contributed by atoms with Gasteiger partial charge < -0.3 is 4.90 Å². The van der Waals surface area contributed by atoms with Gasteiger partial charge in [-0.05, 0) is 50.7 Å². The van der Waals surface area contributed by atoms with E-state index >= 15 is 0 Å². The number of aromatic nitrogens is 1. The number of nitrogens with zero attached hydrogens (tertiary/aromatic N) is 2. The van der Waals surface area contributed by atoms with Gasteiger partial charge in [0.15, 0.2) is 0 Å². The summed E-state index contributed by atoms with van der Waals surface area (Å²) in [4.78, 5) is 19.0. The van der Waals surface area contributed by atoms with Gasteiger partial charge in [-0.15, -0.1) is 0 Å². The van der Waals surface area contributed by atoms with Gasteiger partial charge >= 0.3 is 0 Å². The molecule has 1 saturated carbocycles. The molecule has 3 nitrogen and oxygen atoms in total. The number of carbonyl (C=O) groups excluding carboxylic acids is 1. The lowest BCUT2D eigenvalue weighted by molar-refractivity contribution is 0.0390. The van der Waals surface area contributed by atoms with E-state index in [1.807, 2.05) is 13.0 Å². The first-order valence-corrected chi connectivity index (χ1v) is 7.98. The number of likely N-dealkylation sites (tertiary alicyclic amines) is 1. The second-order valence-electron chi connectivity index (χ2n) is 6.07. The molecule has 0 bridgehead atoms. The molecular weight excluding hydrogens is 272 g/mol. The number of fused-ring (bicyclic) bond motifs is 1.